The minimum atomic E-state index is -1.00. The van der Waals surface area contributed by atoms with Gasteiger partial charge in [-0.1, -0.05) is 109 Å². The van der Waals surface area contributed by atoms with Gasteiger partial charge in [0.25, 0.3) is 0 Å². The molecular formula is C52H31N5O5S2. The van der Waals surface area contributed by atoms with Gasteiger partial charge in [0.05, 0.1) is 37.2 Å². The van der Waals surface area contributed by atoms with Crippen molar-refractivity contribution >= 4 is 74.9 Å². The molecule has 0 aliphatic heterocycles. The quantitative estimate of drug-likeness (QED) is 0.0810. The molecule has 0 unspecified atom stereocenters. The van der Waals surface area contributed by atoms with Crippen LogP contribution in [0.25, 0.3) is 114 Å². The highest BCUT2D eigenvalue weighted by atomic mass is 32.1. The molecule has 5 N–H and O–H groups in total. The van der Waals surface area contributed by atoms with Gasteiger partial charge in [0.1, 0.15) is 5.01 Å². The Balaban J connectivity index is 0.993. The van der Waals surface area contributed by atoms with E-state index in [9.17, 15) is 25.5 Å². The van der Waals surface area contributed by atoms with Gasteiger partial charge in [-0.05, 0) is 54.1 Å². The topological polar surface area (TPSA) is 158 Å². The van der Waals surface area contributed by atoms with E-state index in [4.69, 9.17) is 19.9 Å². The lowest BCUT2D eigenvalue weighted by molar-refractivity contribution is 0.330. The van der Waals surface area contributed by atoms with Crippen molar-refractivity contribution in [1.82, 2.24) is 24.5 Å². The molecule has 0 radical (unpaired) electrons. The van der Waals surface area contributed by atoms with Crippen molar-refractivity contribution in [3.05, 3.63) is 158 Å². The van der Waals surface area contributed by atoms with Crippen LogP contribution >= 0.6 is 22.7 Å². The maximum absolute atomic E-state index is 10.8. The summed E-state index contributed by atoms with van der Waals surface area (Å²) in [7, 11) is 0. The van der Waals surface area contributed by atoms with Gasteiger partial charge in [0, 0.05) is 48.5 Å². The molecule has 12 rings (SSSR count). The monoisotopic (exact) mass is 869 g/mol. The largest absolute Gasteiger partial charge is 0.504 e. The Morgan fingerprint density at radius 3 is 1.69 bits per heavy atom. The summed E-state index contributed by atoms with van der Waals surface area (Å²) in [4.78, 5) is 20.1. The Hall–Kier alpha value is -8.32. The van der Waals surface area contributed by atoms with E-state index in [0.717, 1.165) is 85.1 Å². The van der Waals surface area contributed by atoms with Crippen LogP contribution in [0.15, 0.2) is 158 Å². The van der Waals surface area contributed by atoms with Crippen LogP contribution in [0.3, 0.4) is 0 Å². The Kier molecular flexibility index (Phi) is 8.41. The van der Waals surface area contributed by atoms with Gasteiger partial charge in [-0.25, -0.2) is 19.9 Å². The fraction of sp³-hybridized carbons (Fsp3) is 0. The summed E-state index contributed by atoms with van der Waals surface area (Å²) >= 11 is 3.32. The first-order valence-corrected chi connectivity index (χ1v) is 21.9. The molecule has 0 atom stereocenters. The van der Waals surface area contributed by atoms with E-state index in [1.807, 2.05) is 91.0 Å². The van der Waals surface area contributed by atoms with E-state index in [0.29, 0.717) is 23.0 Å². The summed E-state index contributed by atoms with van der Waals surface area (Å²) in [6, 6.07) is 52.3. The number of phenols is 5. The highest BCUT2D eigenvalue weighted by Crippen LogP contribution is 2.55. The Morgan fingerprint density at radius 1 is 0.375 bits per heavy atom. The Bertz CT molecular complexity index is 3840. The molecule has 0 amide bonds. The lowest BCUT2D eigenvalue weighted by Crippen LogP contribution is -2.00. The standard InChI is InChI=1S/C52H31N5O5S2/c58-43-42(44(59)46(61)47(62)45(43)60)29-20-23-38-35(24-29)32-14-7-8-16-37(32)57(38)39-17-9-15-34-33-21-18-30(25-40(33)63-48(34)39)50-54-49(27-10-3-1-4-11-27)55-51(56-50)31-19-22-36-41(26-31)64-52(53-36)28-12-5-2-6-13-28/h1-26,58-62H. The van der Waals surface area contributed by atoms with E-state index in [1.165, 1.54) is 0 Å². The summed E-state index contributed by atoms with van der Waals surface area (Å²) in [6.45, 7) is 0. The third kappa shape index (κ3) is 5.84. The molecule has 0 spiro atoms. The number of nitrogens with zero attached hydrogens (tertiary/aromatic N) is 5. The number of thiazole rings is 1. The highest BCUT2D eigenvalue weighted by Gasteiger charge is 2.26. The maximum Gasteiger partial charge on any atom is 0.208 e. The molecular weight excluding hydrogens is 839 g/mol. The fourth-order valence-electron chi connectivity index (χ4n) is 8.56. The molecule has 64 heavy (non-hydrogen) atoms. The van der Waals surface area contributed by atoms with Gasteiger partial charge in [-0.3, -0.25) is 0 Å². The van der Waals surface area contributed by atoms with Crippen LogP contribution in [0.1, 0.15) is 0 Å². The maximum atomic E-state index is 10.8. The Morgan fingerprint density at radius 2 is 0.953 bits per heavy atom. The molecule has 0 saturated heterocycles. The van der Waals surface area contributed by atoms with Crippen molar-refractivity contribution in [2.75, 3.05) is 0 Å². The van der Waals surface area contributed by atoms with Gasteiger partial charge < -0.3 is 30.1 Å². The van der Waals surface area contributed by atoms with Crippen LogP contribution in [0.5, 0.6) is 28.7 Å². The minimum absolute atomic E-state index is 0.201. The van der Waals surface area contributed by atoms with Crippen molar-refractivity contribution in [1.29, 1.82) is 0 Å². The molecule has 10 nitrogen and oxygen atoms in total. The van der Waals surface area contributed by atoms with E-state index in [2.05, 4.69) is 59.2 Å². The summed E-state index contributed by atoms with van der Waals surface area (Å²) in [5.41, 5.74) is 7.50. The van der Waals surface area contributed by atoms with Gasteiger partial charge >= 0.3 is 0 Å². The molecule has 4 aromatic heterocycles. The van der Waals surface area contributed by atoms with Gasteiger partial charge in [0.15, 0.2) is 29.0 Å². The number of aromatic nitrogens is 5. The lowest BCUT2D eigenvalue weighted by Gasteiger charge is -2.13. The summed E-state index contributed by atoms with van der Waals surface area (Å²) < 4.78 is 5.37. The first-order chi connectivity index (χ1) is 31.3. The zero-order valence-corrected chi connectivity index (χ0v) is 34.9. The molecule has 12 heteroatoms. The number of thiophene rings is 1. The second-order valence-electron chi connectivity index (χ2n) is 15.4. The van der Waals surface area contributed by atoms with Crippen LogP contribution < -0.4 is 0 Å². The molecule has 4 heterocycles. The number of benzene rings is 8. The summed E-state index contributed by atoms with van der Waals surface area (Å²) in [6.07, 6.45) is 0. The summed E-state index contributed by atoms with van der Waals surface area (Å²) in [5, 5.41) is 57.1. The predicted octanol–water partition coefficient (Wildman–Crippen LogP) is 12.8. The van der Waals surface area contributed by atoms with E-state index >= 15 is 0 Å². The first-order valence-electron chi connectivity index (χ1n) is 20.3. The molecule has 0 aliphatic rings. The van der Waals surface area contributed by atoms with Crippen LogP contribution in [0.4, 0.5) is 0 Å². The molecule has 0 bridgehead atoms. The van der Waals surface area contributed by atoms with Crippen LogP contribution in [0, 0.1) is 0 Å². The smallest absolute Gasteiger partial charge is 0.208 e. The van der Waals surface area contributed by atoms with E-state index in [-0.39, 0.29) is 5.56 Å². The van der Waals surface area contributed by atoms with Crippen molar-refractivity contribution in [2.24, 2.45) is 0 Å². The number of para-hydroxylation sites is 1. The van der Waals surface area contributed by atoms with Gasteiger partial charge in [0.2, 0.25) is 17.2 Å². The third-order valence-corrected chi connectivity index (χ3v) is 13.9. The predicted molar refractivity (Wildman–Crippen MR) is 256 cm³/mol. The molecule has 8 aromatic carbocycles. The third-order valence-electron chi connectivity index (χ3n) is 11.6. The minimum Gasteiger partial charge on any atom is -0.504 e. The second kappa shape index (κ2) is 14.4. The zero-order valence-electron chi connectivity index (χ0n) is 33.3. The highest BCUT2D eigenvalue weighted by molar-refractivity contribution is 7.26. The molecule has 12 aromatic rings. The molecule has 0 saturated carbocycles. The van der Waals surface area contributed by atoms with Crippen molar-refractivity contribution < 1.29 is 25.5 Å². The zero-order chi connectivity index (χ0) is 43.2. The SMILES string of the molecule is Oc1c(O)c(O)c(-c2ccc3c(c2)c2ccccc2n3-c2cccc3c2sc2cc(-c4nc(-c5ccccc5)nc(-c5ccc6nc(-c7ccccc7)sc6c5)n4)ccc23)c(O)c1O. The average molecular weight is 870 g/mol. The molecule has 0 aliphatic carbocycles. The number of hydrogen-bond donors (Lipinski definition) is 5. The second-order valence-corrected chi connectivity index (χ2v) is 17.5. The van der Waals surface area contributed by atoms with Gasteiger partial charge in [-0.2, -0.15) is 0 Å². The Labute approximate surface area is 371 Å². The van der Waals surface area contributed by atoms with Crippen LogP contribution in [0.2, 0.25) is 0 Å². The van der Waals surface area contributed by atoms with E-state index in [1.54, 1.807) is 34.8 Å². The number of aromatic hydroxyl groups is 5. The normalized spacial score (nSPS) is 11.8. The fourth-order valence-corrected chi connectivity index (χ4v) is 10.8. The van der Waals surface area contributed by atoms with Gasteiger partial charge in [-0.15, -0.1) is 22.7 Å². The van der Waals surface area contributed by atoms with Crippen molar-refractivity contribution in [3.63, 3.8) is 0 Å². The first kappa shape index (κ1) is 37.4. The van der Waals surface area contributed by atoms with E-state index < -0.39 is 28.7 Å². The molecule has 306 valence electrons. The van der Waals surface area contributed by atoms with Crippen molar-refractivity contribution in [3.8, 4) is 90.3 Å². The number of fused-ring (bicyclic) bond motifs is 7. The number of phenolic OH excluding ortho intramolecular Hbond substituents is 5. The number of hydrogen-bond acceptors (Lipinski definition) is 11. The molecule has 0 fully saturated rings. The van der Waals surface area contributed by atoms with Crippen molar-refractivity contribution in [2.45, 2.75) is 0 Å². The van der Waals surface area contributed by atoms with Crippen LogP contribution in [-0.4, -0.2) is 50.0 Å². The van der Waals surface area contributed by atoms with Crippen LogP contribution in [-0.2, 0) is 0 Å². The number of rotatable bonds is 6. The summed E-state index contributed by atoms with van der Waals surface area (Å²) in [5.74, 6) is -2.64. The lowest BCUT2D eigenvalue weighted by atomic mass is 9.99. The average Bonchev–Trinajstić information content (AvgIpc) is 4.05.